The van der Waals surface area contributed by atoms with Gasteiger partial charge in [0, 0.05) is 38.9 Å². The van der Waals surface area contributed by atoms with Crippen LogP contribution in [0.3, 0.4) is 0 Å². The molecule has 0 aliphatic heterocycles. The molecule has 0 bridgehead atoms. The molecule has 0 saturated carbocycles. The molecule has 12 aromatic carbocycles. The molecule has 430 valence electrons. The Morgan fingerprint density at radius 1 is 0.276 bits per heavy atom. The Bertz CT molecular complexity index is 3960. The van der Waals surface area contributed by atoms with Crippen molar-refractivity contribution in [3.63, 3.8) is 0 Å². The van der Waals surface area contributed by atoms with E-state index in [0.717, 1.165) is 22.7 Å². The van der Waals surface area contributed by atoms with Crippen LogP contribution in [-0.4, -0.2) is 0 Å². The second-order valence-corrected chi connectivity index (χ2v) is 24.5. The zero-order valence-electron chi connectivity index (χ0n) is 51.2. The standard InChI is InChI=1S/C85H80N2/c1-5-21-61(22-6-2)59-85(60-62(23-7-3)24-8-4)81-57-71(67-41-37-63(38-42-67)65-45-51-75(52-46-65)86(73-29-11-9-12-30-73)83-35-19-27-69-25-15-17-33-77(69)83)49-55-79(81)80-56-50-72(58-82(80)85)68-43-39-64(40-44-68)66-47-53-76(54-48-66)87(74-31-13-10-14-32-74)84-36-20-28-70-26-16-18-34-78(70)84/h9-20,25-58,61-62H,5-8,21-24,59-60H2,1-4H3. The van der Waals surface area contributed by atoms with Gasteiger partial charge < -0.3 is 9.80 Å². The molecule has 2 heteroatoms. The third-order valence-electron chi connectivity index (χ3n) is 18.8. The minimum atomic E-state index is -0.108. The lowest BCUT2D eigenvalue weighted by atomic mass is 9.64. The van der Waals surface area contributed by atoms with Gasteiger partial charge in [0.05, 0.1) is 11.4 Å². The minimum Gasteiger partial charge on any atom is -0.310 e. The normalized spacial score (nSPS) is 12.4. The van der Waals surface area contributed by atoms with Gasteiger partial charge in [-0.25, -0.2) is 0 Å². The fourth-order valence-electron chi connectivity index (χ4n) is 14.8. The Labute approximate surface area is 517 Å². The van der Waals surface area contributed by atoms with Crippen LogP contribution < -0.4 is 9.80 Å². The van der Waals surface area contributed by atoms with Crippen molar-refractivity contribution in [1.82, 2.24) is 0 Å². The molecule has 0 heterocycles. The summed E-state index contributed by atoms with van der Waals surface area (Å²) in [4.78, 5) is 4.76. The van der Waals surface area contributed by atoms with E-state index in [-0.39, 0.29) is 5.41 Å². The van der Waals surface area contributed by atoms with E-state index in [4.69, 9.17) is 0 Å². The number of benzene rings is 12. The third-order valence-corrected chi connectivity index (χ3v) is 18.8. The first-order chi connectivity index (χ1) is 42.9. The molecule has 0 amide bonds. The average Bonchev–Trinajstić information content (AvgIpc) is 1.60. The summed E-state index contributed by atoms with van der Waals surface area (Å²) in [5, 5.41) is 4.93. The van der Waals surface area contributed by atoms with Gasteiger partial charge in [-0.3, -0.25) is 0 Å². The predicted octanol–water partition coefficient (Wildman–Crippen LogP) is 25.1. The summed E-state index contributed by atoms with van der Waals surface area (Å²) < 4.78 is 0. The molecule has 0 radical (unpaired) electrons. The molecule has 0 unspecified atom stereocenters. The molecule has 1 aliphatic carbocycles. The lowest BCUT2D eigenvalue weighted by Gasteiger charge is -2.39. The van der Waals surface area contributed by atoms with Crippen molar-refractivity contribution in [3.05, 3.63) is 290 Å². The summed E-state index contributed by atoms with van der Waals surface area (Å²) in [5.41, 5.74) is 22.7. The summed E-state index contributed by atoms with van der Waals surface area (Å²) in [7, 11) is 0. The largest absolute Gasteiger partial charge is 0.310 e. The van der Waals surface area contributed by atoms with E-state index >= 15 is 0 Å². The smallest absolute Gasteiger partial charge is 0.0540 e. The molecular weight excluding hydrogens is 1050 g/mol. The van der Waals surface area contributed by atoms with Crippen LogP contribution in [0.25, 0.3) is 77.2 Å². The summed E-state index contributed by atoms with van der Waals surface area (Å²) in [6.45, 7) is 9.58. The summed E-state index contributed by atoms with van der Waals surface area (Å²) in [6, 6.07) is 104. The molecule has 0 N–H and O–H groups in total. The second kappa shape index (κ2) is 25.8. The maximum Gasteiger partial charge on any atom is 0.0540 e. The first kappa shape index (κ1) is 56.9. The predicted molar refractivity (Wildman–Crippen MR) is 375 cm³/mol. The van der Waals surface area contributed by atoms with Crippen molar-refractivity contribution in [2.45, 2.75) is 97.3 Å². The van der Waals surface area contributed by atoms with Crippen molar-refractivity contribution in [1.29, 1.82) is 0 Å². The van der Waals surface area contributed by atoms with Crippen LogP contribution >= 0.6 is 0 Å². The van der Waals surface area contributed by atoms with Gasteiger partial charge in [-0.1, -0.05) is 285 Å². The monoisotopic (exact) mass is 1130 g/mol. The molecule has 0 fully saturated rings. The number of para-hydroxylation sites is 2. The fourth-order valence-corrected chi connectivity index (χ4v) is 14.8. The van der Waals surface area contributed by atoms with Crippen LogP contribution in [-0.2, 0) is 5.41 Å². The highest BCUT2D eigenvalue weighted by molar-refractivity contribution is 6.00. The molecule has 1 aliphatic rings. The molecule has 13 rings (SSSR count). The van der Waals surface area contributed by atoms with Gasteiger partial charge in [-0.2, -0.15) is 0 Å². The van der Waals surface area contributed by atoms with Gasteiger partial charge in [0.25, 0.3) is 0 Å². The van der Waals surface area contributed by atoms with E-state index in [0.29, 0.717) is 11.8 Å². The Morgan fingerprint density at radius 3 is 0.920 bits per heavy atom. The Balaban J connectivity index is 0.827. The van der Waals surface area contributed by atoms with E-state index < -0.39 is 0 Å². The number of fused-ring (bicyclic) bond motifs is 5. The highest BCUT2D eigenvalue weighted by atomic mass is 15.1. The Kier molecular flexibility index (Phi) is 16.8. The number of hydrogen-bond donors (Lipinski definition) is 0. The third kappa shape index (κ3) is 11.5. The number of hydrogen-bond acceptors (Lipinski definition) is 2. The zero-order valence-corrected chi connectivity index (χ0v) is 51.2. The average molecular weight is 1130 g/mol. The maximum atomic E-state index is 2.63. The highest BCUT2D eigenvalue weighted by Gasteiger charge is 2.46. The SMILES string of the molecule is CCCC(CCC)CC1(CC(CCC)CCC)c2cc(-c3ccc(-c4ccc(N(c5ccccc5)c5cccc6ccccc56)cc4)cc3)ccc2-c2ccc(-c3ccc(-c4ccc(N(c5ccccc5)c5cccc6ccccc56)cc4)cc3)cc21. The van der Waals surface area contributed by atoms with Crippen LogP contribution in [0.15, 0.2) is 279 Å². The van der Waals surface area contributed by atoms with E-state index in [2.05, 4.69) is 317 Å². The second-order valence-electron chi connectivity index (χ2n) is 24.5. The van der Waals surface area contributed by atoms with Gasteiger partial charge in [0.15, 0.2) is 0 Å². The van der Waals surface area contributed by atoms with Crippen LogP contribution in [0.1, 0.15) is 103 Å². The first-order valence-electron chi connectivity index (χ1n) is 32.3. The lowest BCUT2D eigenvalue weighted by Crippen LogP contribution is -2.32. The van der Waals surface area contributed by atoms with E-state index in [1.54, 1.807) is 11.1 Å². The topological polar surface area (TPSA) is 6.48 Å². The van der Waals surface area contributed by atoms with Crippen molar-refractivity contribution in [3.8, 4) is 55.6 Å². The molecule has 2 nitrogen and oxygen atoms in total. The van der Waals surface area contributed by atoms with Gasteiger partial charge >= 0.3 is 0 Å². The molecule has 0 aromatic heterocycles. The van der Waals surface area contributed by atoms with E-state index in [1.165, 1.54) is 153 Å². The zero-order chi connectivity index (χ0) is 59.1. The van der Waals surface area contributed by atoms with Crippen molar-refractivity contribution in [2.75, 3.05) is 9.80 Å². The lowest BCUT2D eigenvalue weighted by molar-refractivity contribution is 0.260. The first-order valence-corrected chi connectivity index (χ1v) is 32.3. The van der Waals surface area contributed by atoms with Gasteiger partial charge in [0.1, 0.15) is 0 Å². The molecule has 0 atom stereocenters. The van der Waals surface area contributed by atoms with Crippen molar-refractivity contribution >= 4 is 55.7 Å². The van der Waals surface area contributed by atoms with Crippen LogP contribution in [0.4, 0.5) is 34.1 Å². The molecule has 12 aromatic rings. The molecular formula is C85H80N2. The fraction of sp³-hybridized carbons (Fsp3) is 0.200. The van der Waals surface area contributed by atoms with Crippen LogP contribution in [0.2, 0.25) is 0 Å². The quantitative estimate of drug-likeness (QED) is 0.0667. The van der Waals surface area contributed by atoms with Gasteiger partial charge in [-0.15, -0.1) is 0 Å². The Hall–Kier alpha value is -9.24. The summed E-state index contributed by atoms with van der Waals surface area (Å²) in [6.07, 6.45) is 12.3. The summed E-state index contributed by atoms with van der Waals surface area (Å²) >= 11 is 0. The van der Waals surface area contributed by atoms with Crippen molar-refractivity contribution in [2.24, 2.45) is 11.8 Å². The van der Waals surface area contributed by atoms with E-state index in [1.807, 2.05) is 0 Å². The van der Waals surface area contributed by atoms with Gasteiger partial charge in [-0.05, 0) is 175 Å². The maximum absolute atomic E-state index is 2.63. The number of rotatable bonds is 22. The molecule has 0 saturated heterocycles. The van der Waals surface area contributed by atoms with Crippen LogP contribution in [0, 0.1) is 11.8 Å². The number of nitrogens with zero attached hydrogens (tertiary/aromatic N) is 2. The highest BCUT2D eigenvalue weighted by Crippen LogP contribution is 2.58. The van der Waals surface area contributed by atoms with Crippen molar-refractivity contribution < 1.29 is 0 Å². The molecule has 87 heavy (non-hydrogen) atoms. The summed E-state index contributed by atoms with van der Waals surface area (Å²) in [5.74, 6) is 1.29. The van der Waals surface area contributed by atoms with Gasteiger partial charge in [0.2, 0.25) is 0 Å². The Morgan fingerprint density at radius 2 is 0.563 bits per heavy atom. The minimum absolute atomic E-state index is 0.108. The molecule has 0 spiro atoms. The van der Waals surface area contributed by atoms with Crippen LogP contribution in [0.5, 0.6) is 0 Å². The van der Waals surface area contributed by atoms with E-state index in [9.17, 15) is 0 Å². The number of anilines is 6.